The van der Waals surface area contributed by atoms with E-state index in [9.17, 15) is 4.79 Å². The molecule has 2 N–H and O–H groups in total. The molecule has 1 amide bonds. The number of aliphatic hydroxyl groups is 1. The number of carbonyl (C=O) groups is 1. The molecule has 0 saturated heterocycles. The topological polar surface area (TPSA) is 67.8 Å². The third-order valence-corrected chi connectivity index (χ3v) is 1.61. The van der Waals surface area contributed by atoms with Gasteiger partial charge in [0.1, 0.15) is 0 Å². The van der Waals surface area contributed by atoms with E-state index in [1.807, 2.05) is 6.92 Å². The van der Waals surface area contributed by atoms with Gasteiger partial charge < -0.3 is 19.9 Å². The number of ether oxygens (including phenoxy) is 2. The van der Waals surface area contributed by atoms with Gasteiger partial charge in [0.25, 0.3) is 5.91 Å². The second kappa shape index (κ2) is 8.93. The number of methoxy groups -OCH3 is 1. The lowest BCUT2D eigenvalue weighted by molar-refractivity contribution is -0.135. The molecule has 0 aromatic rings. The van der Waals surface area contributed by atoms with Gasteiger partial charge >= 0.3 is 0 Å². The first-order valence-electron chi connectivity index (χ1n) is 4.75. The van der Waals surface area contributed by atoms with Crippen molar-refractivity contribution >= 4 is 5.91 Å². The fourth-order valence-electron chi connectivity index (χ4n) is 0.957. The van der Waals surface area contributed by atoms with E-state index in [-0.39, 0.29) is 19.1 Å². The molecule has 0 bridgehead atoms. The van der Waals surface area contributed by atoms with Gasteiger partial charge in [-0.1, -0.05) is 0 Å². The minimum absolute atomic E-state index is 0.0733. The lowest BCUT2D eigenvalue weighted by Gasteiger charge is -2.15. The fraction of sp³-hybridized carbons (Fsp3) is 0.889. The van der Waals surface area contributed by atoms with Gasteiger partial charge in [-0.15, -0.1) is 0 Å². The van der Waals surface area contributed by atoms with Crippen LogP contribution in [0.3, 0.4) is 0 Å². The first-order valence-corrected chi connectivity index (χ1v) is 4.75. The summed E-state index contributed by atoms with van der Waals surface area (Å²) < 4.78 is 10.0. The smallest absolute Gasteiger partial charge is 0.251 e. The van der Waals surface area contributed by atoms with Crippen molar-refractivity contribution in [2.75, 3.05) is 33.5 Å². The van der Waals surface area contributed by atoms with Gasteiger partial charge in [-0.05, 0) is 13.3 Å². The van der Waals surface area contributed by atoms with Gasteiger partial charge in [-0.25, -0.2) is 0 Å². The van der Waals surface area contributed by atoms with Crippen molar-refractivity contribution in [3.05, 3.63) is 0 Å². The van der Waals surface area contributed by atoms with Crippen LogP contribution >= 0.6 is 0 Å². The molecule has 1 unspecified atom stereocenters. The maximum absolute atomic E-state index is 11.4. The van der Waals surface area contributed by atoms with Crippen LogP contribution in [0.4, 0.5) is 0 Å². The minimum Gasteiger partial charge on any atom is -0.396 e. The Morgan fingerprint density at radius 1 is 1.57 bits per heavy atom. The molecule has 5 nitrogen and oxygen atoms in total. The Labute approximate surface area is 84.4 Å². The molecule has 0 saturated carbocycles. The zero-order chi connectivity index (χ0) is 10.8. The number of nitrogens with one attached hydrogen (secondary N) is 1. The number of rotatable bonds is 8. The van der Waals surface area contributed by atoms with Crippen molar-refractivity contribution in [1.29, 1.82) is 0 Å². The Hall–Kier alpha value is -0.650. The third kappa shape index (κ3) is 5.90. The summed E-state index contributed by atoms with van der Waals surface area (Å²) in [5, 5.41) is 11.2. The van der Waals surface area contributed by atoms with Gasteiger partial charge in [0.2, 0.25) is 0 Å². The molecule has 0 rings (SSSR count). The van der Waals surface area contributed by atoms with Crippen LogP contribution in [0.15, 0.2) is 0 Å². The molecule has 14 heavy (non-hydrogen) atoms. The average Bonchev–Trinajstić information content (AvgIpc) is 2.18. The SMILES string of the molecule is CCOC(COC)C(=O)NCCCO. The summed E-state index contributed by atoms with van der Waals surface area (Å²) in [5.74, 6) is -0.192. The number of carbonyl (C=O) groups excluding carboxylic acids is 1. The maximum atomic E-state index is 11.4. The molecule has 0 fully saturated rings. The summed E-state index contributed by atoms with van der Waals surface area (Å²) in [6.07, 6.45) is 0.00101. The van der Waals surface area contributed by atoms with Crippen molar-refractivity contribution in [3.63, 3.8) is 0 Å². The number of hydrogen-bond acceptors (Lipinski definition) is 4. The summed E-state index contributed by atoms with van der Waals surface area (Å²) in [6.45, 7) is 3.08. The largest absolute Gasteiger partial charge is 0.396 e. The van der Waals surface area contributed by atoms with Crippen LogP contribution in [-0.4, -0.2) is 50.6 Å². The molecule has 0 aliphatic rings. The van der Waals surface area contributed by atoms with Crippen molar-refractivity contribution < 1.29 is 19.4 Å². The van der Waals surface area contributed by atoms with Gasteiger partial charge in [0.05, 0.1) is 6.61 Å². The number of amides is 1. The highest BCUT2D eigenvalue weighted by molar-refractivity contribution is 5.80. The molecule has 0 radical (unpaired) electrons. The molecule has 0 aromatic carbocycles. The standard InChI is InChI=1S/C9H19NO4/c1-3-14-8(7-13-2)9(12)10-5-4-6-11/h8,11H,3-7H2,1-2H3,(H,10,12). The zero-order valence-electron chi connectivity index (χ0n) is 8.78. The van der Waals surface area contributed by atoms with Crippen molar-refractivity contribution in [2.24, 2.45) is 0 Å². The minimum atomic E-state index is -0.552. The number of hydrogen-bond donors (Lipinski definition) is 2. The molecule has 0 aromatic heterocycles. The Bertz CT molecular complexity index is 146. The van der Waals surface area contributed by atoms with Gasteiger partial charge in [0, 0.05) is 26.9 Å². The normalized spacial score (nSPS) is 12.5. The van der Waals surface area contributed by atoms with Gasteiger partial charge in [0.15, 0.2) is 6.10 Å². The van der Waals surface area contributed by atoms with E-state index in [2.05, 4.69) is 5.32 Å². The average molecular weight is 205 g/mol. The van der Waals surface area contributed by atoms with E-state index in [4.69, 9.17) is 14.6 Å². The fourth-order valence-corrected chi connectivity index (χ4v) is 0.957. The third-order valence-electron chi connectivity index (χ3n) is 1.61. The molecule has 1 atom stereocenters. The van der Waals surface area contributed by atoms with Crippen LogP contribution in [0.1, 0.15) is 13.3 Å². The van der Waals surface area contributed by atoms with Crippen molar-refractivity contribution in [3.8, 4) is 0 Å². The number of aliphatic hydroxyl groups excluding tert-OH is 1. The van der Waals surface area contributed by atoms with Gasteiger partial charge in [-0.3, -0.25) is 4.79 Å². The molecular weight excluding hydrogens is 186 g/mol. The lowest BCUT2D eigenvalue weighted by Crippen LogP contribution is -2.39. The Morgan fingerprint density at radius 3 is 2.79 bits per heavy atom. The summed E-state index contributed by atoms with van der Waals surface area (Å²) in [4.78, 5) is 11.4. The Balaban J connectivity index is 3.76. The van der Waals surface area contributed by atoms with Crippen LogP contribution in [0.5, 0.6) is 0 Å². The summed E-state index contributed by atoms with van der Waals surface area (Å²) >= 11 is 0. The monoisotopic (exact) mass is 205 g/mol. The predicted molar refractivity (Wildman–Crippen MR) is 52.0 cm³/mol. The highest BCUT2D eigenvalue weighted by atomic mass is 16.5. The van der Waals surface area contributed by atoms with Crippen LogP contribution in [-0.2, 0) is 14.3 Å². The van der Waals surface area contributed by atoms with E-state index in [0.29, 0.717) is 19.6 Å². The zero-order valence-corrected chi connectivity index (χ0v) is 8.78. The lowest BCUT2D eigenvalue weighted by atomic mass is 10.3. The van der Waals surface area contributed by atoms with Crippen LogP contribution in [0.25, 0.3) is 0 Å². The highest BCUT2D eigenvalue weighted by Gasteiger charge is 2.17. The second-order valence-corrected chi connectivity index (χ2v) is 2.77. The first-order chi connectivity index (χ1) is 6.76. The van der Waals surface area contributed by atoms with E-state index < -0.39 is 6.10 Å². The van der Waals surface area contributed by atoms with Crippen LogP contribution in [0, 0.1) is 0 Å². The molecule has 0 heterocycles. The van der Waals surface area contributed by atoms with E-state index >= 15 is 0 Å². The van der Waals surface area contributed by atoms with E-state index in [1.54, 1.807) is 0 Å². The van der Waals surface area contributed by atoms with Crippen LogP contribution in [0.2, 0.25) is 0 Å². The molecule has 0 aliphatic carbocycles. The van der Waals surface area contributed by atoms with Crippen molar-refractivity contribution in [1.82, 2.24) is 5.32 Å². The molecular formula is C9H19NO4. The quantitative estimate of drug-likeness (QED) is 0.526. The molecule has 5 heteroatoms. The summed E-state index contributed by atoms with van der Waals surface area (Å²) in [7, 11) is 1.52. The highest BCUT2D eigenvalue weighted by Crippen LogP contribution is 1.93. The maximum Gasteiger partial charge on any atom is 0.251 e. The Morgan fingerprint density at radius 2 is 2.29 bits per heavy atom. The molecule has 84 valence electrons. The predicted octanol–water partition coefficient (Wildman–Crippen LogP) is -0.463. The molecule has 0 aliphatic heterocycles. The van der Waals surface area contributed by atoms with Gasteiger partial charge in [-0.2, -0.15) is 0 Å². The first kappa shape index (κ1) is 13.4. The van der Waals surface area contributed by atoms with Crippen LogP contribution < -0.4 is 5.32 Å². The van der Waals surface area contributed by atoms with E-state index in [0.717, 1.165) is 0 Å². The summed E-state index contributed by atoms with van der Waals surface area (Å²) in [5.41, 5.74) is 0. The Kier molecular flexibility index (Phi) is 8.51. The molecule has 0 spiro atoms. The second-order valence-electron chi connectivity index (χ2n) is 2.77. The van der Waals surface area contributed by atoms with Crippen molar-refractivity contribution in [2.45, 2.75) is 19.4 Å². The van der Waals surface area contributed by atoms with E-state index in [1.165, 1.54) is 7.11 Å². The summed E-state index contributed by atoms with van der Waals surface area (Å²) in [6, 6.07) is 0.